The molecule has 5 rings (SSSR count). The van der Waals surface area contributed by atoms with Crippen molar-refractivity contribution in [3.05, 3.63) is 59.4 Å². The fourth-order valence-electron chi connectivity index (χ4n) is 5.92. The van der Waals surface area contributed by atoms with Crippen molar-refractivity contribution >= 4 is 41.2 Å². The molecule has 230 valence electrons. The molecule has 12 nitrogen and oxygen atoms in total. The summed E-state index contributed by atoms with van der Waals surface area (Å²) in [6, 6.07) is 9.94. The first-order valence-corrected chi connectivity index (χ1v) is 13.9. The van der Waals surface area contributed by atoms with Gasteiger partial charge >= 0.3 is 12.2 Å². The Morgan fingerprint density at radius 1 is 1.14 bits per heavy atom. The van der Waals surface area contributed by atoms with E-state index in [0.717, 1.165) is 29.5 Å². The first kappa shape index (κ1) is 30.5. The molecule has 0 spiro atoms. The van der Waals surface area contributed by atoms with Crippen LogP contribution in [0.4, 0.5) is 29.5 Å². The van der Waals surface area contributed by atoms with Gasteiger partial charge in [0.2, 0.25) is 5.91 Å². The Labute approximate surface area is 251 Å². The number of amidine groups is 1. The van der Waals surface area contributed by atoms with Gasteiger partial charge in [0.25, 0.3) is 0 Å². The maximum atomic E-state index is 13.0. The normalized spacial score (nSPS) is 21.9. The number of alkyl halides is 3. The monoisotopic (exact) mass is 608 g/mol. The quantitative estimate of drug-likeness (QED) is 0.453. The van der Waals surface area contributed by atoms with E-state index in [4.69, 9.17) is 5.73 Å². The molecular weight excluding hydrogens is 577 g/mol. The van der Waals surface area contributed by atoms with Gasteiger partial charge in [0.15, 0.2) is 5.84 Å². The van der Waals surface area contributed by atoms with Crippen LogP contribution in [0.5, 0.6) is 0 Å². The summed E-state index contributed by atoms with van der Waals surface area (Å²) < 4.78 is 39.0. The summed E-state index contributed by atoms with van der Waals surface area (Å²) in [6.45, 7) is 6.74. The summed E-state index contributed by atoms with van der Waals surface area (Å²) in [4.78, 5) is 36.4. The molecule has 3 aliphatic heterocycles. The average Bonchev–Trinajstić information content (AvgIpc) is 3.22. The topological polar surface area (TPSA) is 155 Å². The van der Waals surface area contributed by atoms with Crippen molar-refractivity contribution in [2.24, 2.45) is 21.7 Å². The second kappa shape index (κ2) is 12.0. The first-order valence-electron chi connectivity index (χ1n) is 13.9. The minimum absolute atomic E-state index is 0.0395. The van der Waals surface area contributed by atoms with Crippen LogP contribution in [0, 0.1) is 17.2 Å². The van der Waals surface area contributed by atoms with Crippen molar-refractivity contribution in [1.29, 1.82) is 5.26 Å². The Hall–Kier alpha value is -4.97. The van der Waals surface area contributed by atoms with Gasteiger partial charge in [-0.3, -0.25) is 20.0 Å². The smallest absolute Gasteiger partial charge is 0.382 e. The molecule has 44 heavy (non-hydrogen) atoms. The average molecular weight is 609 g/mol. The van der Waals surface area contributed by atoms with Crippen LogP contribution in [0.1, 0.15) is 31.4 Å². The number of fused-ring (bicyclic) bond motifs is 1. The molecule has 1 aromatic heterocycles. The zero-order valence-electron chi connectivity index (χ0n) is 24.1. The van der Waals surface area contributed by atoms with Gasteiger partial charge in [0, 0.05) is 63.9 Å². The molecule has 2 unspecified atom stereocenters. The van der Waals surface area contributed by atoms with E-state index in [2.05, 4.69) is 36.7 Å². The van der Waals surface area contributed by atoms with Gasteiger partial charge in [0.05, 0.1) is 17.2 Å². The SMILES string of the molecule is CC(=O)N1CCN(CC2(C)C(CC#N)C(c3ccc(NC(=O)Nc4cc(C(F)(F)F)ccn4)cc3)=C3C(N)=NC=NN32)CC1. The minimum Gasteiger partial charge on any atom is -0.382 e. The summed E-state index contributed by atoms with van der Waals surface area (Å²) >= 11 is 0. The van der Waals surface area contributed by atoms with Gasteiger partial charge in [-0.05, 0) is 42.3 Å². The summed E-state index contributed by atoms with van der Waals surface area (Å²) in [6.07, 6.45) is -2.04. The van der Waals surface area contributed by atoms with Crippen molar-refractivity contribution in [2.75, 3.05) is 43.4 Å². The number of pyridine rings is 1. The molecule has 3 amide bonds. The van der Waals surface area contributed by atoms with Crippen LogP contribution in [0.15, 0.2) is 58.4 Å². The van der Waals surface area contributed by atoms with Crippen molar-refractivity contribution < 1.29 is 22.8 Å². The summed E-state index contributed by atoms with van der Waals surface area (Å²) in [5.74, 6) is -0.261. The summed E-state index contributed by atoms with van der Waals surface area (Å²) in [5, 5.41) is 21.2. The highest BCUT2D eigenvalue weighted by atomic mass is 19.4. The second-order valence-corrected chi connectivity index (χ2v) is 11.0. The molecule has 1 aromatic carbocycles. The number of rotatable bonds is 6. The first-order chi connectivity index (χ1) is 20.9. The number of aromatic nitrogens is 1. The van der Waals surface area contributed by atoms with E-state index < -0.39 is 23.3 Å². The maximum absolute atomic E-state index is 13.0. The van der Waals surface area contributed by atoms with Crippen LogP contribution in [-0.2, 0) is 11.0 Å². The number of benzene rings is 1. The molecule has 0 radical (unpaired) electrons. The van der Waals surface area contributed by atoms with Crippen LogP contribution < -0.4 is 16.4 Å². The molecule has 3 aliphatic rings. The molecule has 2 aromatic rings. The number of nitrogens with zero attached hydrogens (tertiary/aromatic N) is 7. The number of amides is 3. The number of hydrogen-bond acceptors (Lipinski definition) is 9. The number of aliphatic imine (C=N–C) groups is 1. The Bertz CT molecular complexity index is 1570. The molecule has 0 saturated carbocycles. The fourth-order valence-corrected chi connectivity index (χ4v) is 5.92. The third-order valence-electron chi connectivity index (χ3n) is 8.10. The number of piperazine rings is 1. The van der Waals surface area contributed by atoms with E-state index in [-0.39, 0.29) is 29.9 Å². The molecule has 0 aliphatic carbocycles. The van der Waals surface area contributed by atoms with E-state index in [9.17, 15) is 28.0 Å². The van der Waals surface area contributed by atoms with E-state index in [1.165, 1.54) is 6.34 Å². The number of anilines is 2. The Morgan fingerprint density at radius 3 is 2.48 bits per heavy atom. The van der Waals surface area contributed by atoms with Crippen LogP contribution in [0.3, 0.4) is 0 Å². The lowest BCUT2D eigenvalue weighted by atomic mass is 9.78. The highest BCUT2D eigenvalue weighted by Crippen LogP contribution is 2.50. The lowest BCUT2D eigenvalue weighted by Gasteiger charge is -2.44. The standard InChI is InChI=1S/C29H31F3N10O2/c1-18(43)41-13-11-40(12-14-41)16-28(2)22(7-9-33)24(25-26(34)36-17-37-42(25)28)19-3-5-21(6-4-19)38-27(44)39-23-15-20(8-10-35-23)29(30,31)32/h3-6,8,10,15,17,22H,7,11-14,16H2,1-2H3,(H2,34,36,37)(H2,35,38,39,44). The number of hydrazone groups is 1. The van der Waals surface area contributed by atoms with E-state index in [1.54, 1.807) is 31.2 Å². The molecule has 15 heteroatoms. The van der Waals surface area contributed by atoms with E-state index in [1.807, 2.05) is 16.8 Å². The Morgan fingerprint density at radius 2 is 1.84 bits per heavy atom. The van der Waals surface area contributed by atoms with Crippen LogP contribution in [-0.4, -0.2) is 82.2 Å². The highest BCUT2D eigenvalue weighted by molar-refractivity contribution is 6.09. The number of carbonyl (C=O) groups is 2. The van der Waals surface area contributed by atoms with Crippen molar-refractivity contribution in [3.63, 3.8) is 0 Å². The predicted octanol–water partition coefficient (Wildman–Crippen LogP) is 3.54. The molecule has 2 atom stereocenters. The number of urea groups is 1. The van der Waals surface area contributed by atoms with Crippen molar-refractivity contribution in [3.8, 4) is 6.07 Å². The molecule has 4 heterocycles. The van der Waals surface area contributed by atoms with Crippen LogP contribution in [0.2, 0.25) is 0 Å². The Kier molecular flexibility index (Phi) is 8.29. The summed E-state index contributed by atoms with van der Waals surface area (Å²) in [7, 11) is 0. The zero-order valence-corrected chi connectivity index (χ0v) is 24.1. The number of nitrogens with one attached hydrogen (secondary N) is 2. The van der Waals surface area contributed by atoms with Gasteiger partial charge in [-0.1, -0.05) is 12.1 Å². The number of halogens is 3. The number of hydrogen-bond donors (Lipinski definition) is 3. The van der Waals surface area contributed by atoms with Gasteiger partial charge in [-0.2, -0.15) is 23.5 Å². The summed E-state index contributed by atoms with van der Waals surface area (Å²) in [5.41, 5.74) is 7.32. The van der Waals surface area contributed by atoms with E-state index >= 15 is 0 Å². The minimum atomic E-state index is -4.57. The second-order valence-electron chi connectivity index (χ2n) is 11.0. The number of nitriles is 1. The van der Waals surface area contributed by atoms with Crippen LogP contribution >= 0.6 is 0 Å². The zero-order chi connectivity index (χ0) is 31.6. The predicted molar refractivity (Wildman–Crippen MR) is 158 cm³/mol. The molecular formula is C29H31F3N10O2. The molecule has 1 fully saturated rings. The van der Waals surface area contributed by atoms with Gasteiger partial charge in [0.1, 0.15) is 17.9 Å². The third kappa shape index (κ3) is 6.06. The fraction of sp³-hybridized carbons (Fsp3) is 0.379. The van der Waals surface area contributed by atoms with Crippen LogP contribution in [0.25, 0.3) is 5.57 Å². The molecule has 0 bridgehead atoms. The van der Waals surface area contributed by atoms with Gasteiger partial charge in [-0.25, -0.2) is 14.8 Å². The highest BCUT2D eigenvalue weighted by Gasteiger charge is 2.53. The third-order valence-corrected chi connectivity index (χ3v) is 8.10. The Balaban J connectivity index is 1.37. The maximum Gasteiger partial charge on any atom is 0.416 e. The van der Waals surface area contributed by atoms with E-state index in [0.29, 0.717) is 44.1 Å². The lowest BCUT2D eigenvalue weighted by Crippen LogP contribution is -2.57. The number of nitrogens with two attached hydrogens (primary N) is 1. The molecule has 1 saturated heterocycles. The van der Waals surface area contributed by atoms with Crippen molar-refractivity contribution in [2.45, 2.75) is 32.0 Å². The number of carbonyl (C=O) groups excluding carboxylic acids is 2. The van der Waals surface area contributed by atoms with Crippen molar-refractivity contribution in [1.82, 2.24) is 19.8 Å². The molecule has 4 N–H and O–H groups in total. The lowest BCUT2D eigenvalue weighted by molar-refractivity contribution is -0.137. The van der Waals surface area contributed by atoms with Gasteiger partial charge in [-0.15, -0.1) is 0 Å². The largest absolute Gasteiger partial charge is 0.416 e. The van der Waals surface area contributed by atoms with Gasteiger partial charge < -0.3 is 16.0 Å².